The van der Waals surface area contributed by atoms with Gasteiger partial charge in [-0.15, -0.1) is 0 Å². The lowest BCUT2D eigenvalue weighted by atomic mass is 9.97. The third-order valence-electron chi connectivity index (χ3n) is 5.21. The Morgan fingerprint density at radius 2 is 1.88 bits per heavy atom. The van der Waals surface area contributed by atoms with Gasteiger partial charge >= 0.3 is 6.09 Å². The van der Waals surface area contributed by atoms with Gasteiger partial charge in [-0.2, -0.15) is 0 Å². The van der Waals surface area contributed by atoms with Crippen molar-refractivity contribution in [2.24, 2.45) is 16.6 Å². The van der Waals surface area contributed by atoms with Crippen molar-refractivity contribution in [3.05, 3.63) is 0 Å². The van der Waals surface area contributed by atoms with Crippen molar-refractivity contribution in [3.8, 4) is 0 Å². The molecule has 0 aromatic carbocycles. The van der Waals surface area contributed by atoms with Crippen LogP contribution in [-0.4, -0.2) is 87.5 Å². The summed E-state index contributed by atoms with van der Waals surface area (Å²) in [6.45, 7) is 8.47. The summed E-state index contributed by atoms with van der Waals surface area (Å²) in [6.07, 6.45) is 3.85. The van der Waals surface area contributed by atoms with Gasteiger partial charge in [-0.3, -0.25) is 4.99 Å². The van der Waals surface area contributed by atoms with Gasteiger partial charge in [-0.25, -0.2) is 4.79 Å². The monoisotopic (exact) mass is 369 g/mol. The van der Waals surface area contributed by atoms with E-state index in [4.69, 9.17) is 15.2 Å². The number of nitrogens with two attached hydrogens (primary N) is 1. The van der Waals surface area contributed by atoms with Gasteiger partial charge in [0.1, 0.15) is 0 Å². The molecule has 0 aliphatic carbocycles. The van der Waals surface area contributed by atoms with E-state index < -0.39 is 0 Å². The lowest BCUT2D eigenvalue weighted by Crippen LogP contribution is -2.48. The number of carbonyl (C=O) groups is 1. The molecule has 0 unspecified atom stereocenters. The van der Waals surface area contributed by atoms with E-state index in [1.54, 1.807) is 12.0 Å². The van der Waals surface area contributed by atoms with Crippen LogP contribution in [0.3, 0.4) is 0 Å². The summed E-state index contributed by atoms with van der Waals surface area (Å²) >= 11 is 0. The van der Waals surface area contributed by atoms with Crippen molar-refractivity contribution in [2.75, 3.05) is 59.6 Å². The van der Waals surface area contributed by atoms with E-state index in [1.165, 1.54) is 12.8 Å². The molecule has 0 saturated carbocycles. The summed E-state index contributed by atoms with van der Waals surface area (Å²) in [4.78, 5) is 20.5. The Balaban J connectivity index is 1.63. The molecule has 2 heterocycles. The van der Waals surface area contributed by atoms with Crippen molar-refractivity contribution < 1.29 is 14.3 Å². The molecule has 150 valence electrons. The molecular formula is C18H35N5O3. The Labute approximate surface area is 157 Å². The molecule has 2 aliphatic heterocycles. The summed E-state index contributed by atoms with van der Waals surface area (Å²) in [5.74, 6) is 1.14. The van der Waals surface area contributed by atoms with E-state index in [0.717, 1.165) is 45.6 Å². The number of methoxy groups -OCH3 is 1. The summed E-state index contributed by atoms with van der Waals surface area (Å²) in [7, 11) is 1.75. The van der Waals surface area contributed by atoms with E-state index >= 15 is 0 Å². The van der Waals surface area contributed by atoms with Crippen LogP contribution in [0.1, 0.15) is 32.6 Å². The molecule has 2 saturated heterocycles. The van der Waals surface area contributed by atoms with Crippen LogP contribution < -0.4 is 11.1 Å². The van der Waals surface area contributed by atoms with Crippen LogP contribution in [0.15, 0.2) is 4.99 Å². The number of carbonyl (C=O) groups excluding carboxylic acids is 1. The number of piperidine rings is 2. The number of nitrogens with zero attached hydrogens (tertiary/aromatic N) is 3. The molecule has 2 rings (SSSR count). The van der Waals surface area contributed by atoms with Crippen LogP contribution in [0, 0.1) is 5.92 Å². The highest BCUT2D eigenvalue weighted by atomic mass is 16.6. The summed E-state index contributed by atoms with van der Waals surface area (Å²) in [5, 5.41) is 3.31. The molecule has 3 N–H and O–H groups in total. The predicted octanol–water partition coefficient (Wildman–Crippen LogP) is 0.870. The maximum absolute atomic E-state index is 11.7. The smallest absolute Gasteiger partial charge is 0.409 e. The molecular weight excluding hydrogens is 334 g/mol. The lowest BCUT2D eigenvalue weighted by molar-refractivity contribution is 0.0963. The zero-order valence-electron chi connectivity index (χ0n) is 16.3. The SMILES string of the molecule is CCOC(=O)N1CCC(NC(N)=NCC2CCN(CCOC)CC2)CC1. The topological polar surface area (TPSA) is 92.4 Å². The summed E-state index contributed by atoms with van der Waals surface area (Å²) < 4.78 is 10.2. The highest BCUT2D eigenvalue weighted by Crippen LogP contribution is 2.17. The number of amides is 1. The van der Waals surface area contributed by atoms with Crippen LogP contribution in [-0.2, 0) is 9.47 Å². The molecule has 0 aromatic rings. The minimum atomic E-state index is -0.218. The molecule has 2 fully saturated rings. The van der Waals surface area contributed by atoms with Crippen LogP contribution >= 0.6 is 0 Å². The summed E-state index contributed by atoms with van der Waals surface area (Å²) in [5.41, 5.74) is 6.06. The van der Waals surface area contributed by atoms with Crippen LogP contribution in [0.4, 0.5) is 4.79 Å². The number of hydrogen-bond donors (Lipinski definition) is 2. The first-order valence-corrected chi connectivity index (χ1v) is 9.81. The van der Waals surface area contributed by atoms with E-state index in [0.29, 0.717) is 31.6 Å². The van der Waals surface area contributed by atoms with Gasteiger partial charge in [0, 0.05) is 39.3 Å². The average molecular weight is 370 g/mol. The molecule has 26 heavy (non-hydrogen) atoms. The Morgan fingerprint density at radius 3 is 2.50 bits per heavy atom. The minimum Gasteiger partial charge on any atom is -0.450 e. The van der Waals surface area contributed by atoms with Crippen molar-refractivity contribution in [3.63, 3.8) is 0 Å². The van der Waals surface area contributed by atoms with E-state index in [2.05, 4.69) is 15.2 Å². The second kappa shape index (κ2) is 11.2. The number of guanidine groups is 1. The third-order valence-corrected chi connectivity index (χ3v) is 5.21. The lowest BCUT2D eigenvalue weighted by Gasteiger charge is -2.32. The zero-order chi connectivity index (χ0) is 18.8. The number of ether oxygens (including phenoxy) is 2. The van der Waals surface area contributed by atoms with E-state index in [-0.39, 0.29) is 12.1 Å². The predicted molar refractivity (Wildman–Crippen MR) is 102 cm³/mol. The first-order valence-electron chi connectivity index (χ1n) is 9.81. The number of likely N-dealkylation sites (tertiary alicyclic amines) is 2. The molecule has 2 aliphatic rings. The van der Waals surface area contributed by atoms with E-state index in [9.17, 15) is 4.79 Å². The van der Waals surface area contributed by atoms with Gasteiger partial charge in [0.15, 0.2) is 5.96 Å². The van der Waals surface area contributed by atoms with Gasteiger partial charge in [-0.1, -0.05) is 0 Å². The molecule has 8 nitrogen and oxygen atoms in total. The zero-order valence-corrected chi connectivity index (χ0v) is 16.3. The first kappa shape index (κ1) is 20.8. The van der Waals surface area contributed by atoms with Crippen molar-refractivity contribution >= 4 is 12.1 Å². The maximum Gasteiger partial charge on any atom is 0.409 e. The maximum atomic E-state index is 11.7. The highest BCUT2D eigenvalue weighted by molar-refractivity contribution is 5.78. The Kier molecular flexibility index (Phi) is 8.97. The highest BCUT2D eigenvalue weighted by Gasteiger charge is 2.24. The van der Waals surface area contributed by atoms with Crippen LogP contribution in [0.2, 0.25) is 0 Å². The molecule has 0 atom stereocenters. The normalized spacial score (nSPS) is 21.0. The molecule has 0 aromatic heterocycles. The summed E-state index contributed by atoms with van der Waals surface area (Å²) in [6, 6.07) is 0.278. The third kappa shape index (κ3) is 6.99. The molecule has 0 bridgehead atoms. The number of hydrogen-bond acceptors (Lipinski definition) is 5. The second-order valence-electron chi connectivity index (χ2n) is 7.11. The van der Waals surface area contributed by atoms with Gasteiger partial charge in [0.25, 0.3) is 0 Å². The minimum absolute atomic E-state index is 0.218. The quantitative estimate of drug-likeness (QED) is 0.511. The molecule has 8 heteroatoms. The Bertz CT molecular complexity index is 444. The van der Waals surface area contributed by atoms with Gasteiger partial charge in [0.2, 0.25) is 0 Å². The van der Waals surface area contributed by atoms with Gasteiger partial charge in [-0.05, 0) is 51.6 Å². The fourth-order valence-corrected chi connectivity index (χ4v) is 3.52. The average Bonchev–Trinajstić information content (AvgIpc) is 2.66. The van der Waals surface area contributed by atoms with Crippen molar-refractivity contribution in [2.45, 2.75) is 38.6 Å². The number of nitrogens with one attached hydrogen (secondary N) is 1. The number of rotatable bonds is 7. The van der Waals surface area contributed by atoms with Crippen molar-refractivity contribution in [1.29, 1.82) is 0 Å². The Hall–Kier alpha value is -1.54. The number of aliphatic imine (C=N–C) groups is 1. The first-order chi connectivity index (χ1) is 12.6. The fourth-order valence-electron chi connectivity index (χ4n) is 3.52. The van der Waals surface area contributed by atoms with Crippen LogP contribution in [0.5, 0.6) is 0 Å². The Morgan fingerprint density at radius 1 is 1.19 bits per heavy atom. The molecule has 0 spiro atoms. The van der Waals surface area contributed by atoms with Gasteiger partial charge < -0.3 is 30.3 Å². The standard InChI is InChI=1S/C18H35N5O3/c1-3-26-18(24)23-10-6-16(7-11-23)21-17(19)20-14-15-4-8-22(9-5-15)12-13-25-2/h15-16H,3-14H2,1-2H3,(H3,19,20,21). The molecule has 1 amide bonds. The second-order valence-corrected chi connectivity index (χ2v) is 7.11. The van der Waals surface area contributed by atoms with Crippen molar-refractivity contribution in [1.82, 2.24) is 15.1 Å². The van der Waals surface area contributed by atoms with E-state index in [1.807, 2.05) is 6.92 Å². The molecule has 0 radical (unpaired) electrons. The largest absolute Gasteiger partial charge is 0.450 e. The van der Waals surface area contributed by atoms with Gasteiger partial charge in [0.05, 0.1) is 13.2 Å². The fraction of sp³-hybridized carbons (Fsp3) is 0.889. The van der Waals surface area contributed by atoms with Crippen LogP contribution in [0.25, 0.3) is 0 Å².